The number of anilines is 1. The summed E-state index contributed by atoms with van der Waals surface area (Å²) in [6.45, 7) is 7.34. The molecule has 0 fully saturated rings. The number of carbonyl (C=O) groups excluding carboxylic acids is 2. The van der Waals surface area contributed by atoms with Gasteiger partial charge in [0.05, 0.1) is 23.9 Å². The van der Waals surface area contributed by atoms with Crippen LogP contribution < -0.4 is 10.1 Å². The fraction of sp³-hybridized carbons (Fsp3) is 0.310. The molecule has 1 atom stereocenters. The number of nitrogens with one attached hydrogen (secondary N) is 1. The van der Waals surface area contributed by atoms with Gasteiger partial charge in [-0.2, -0.15) is 0 Å². The fourth-order valence-electron chi connectivity index (χ4n) is 4.68. The second-order valence-electron chi connectivity index (χ2n) is 9.52. The van der Waals surface area contributed by atoms with Gasteiger partial charge >= 0.3 is 5.97 Å². The van der Waals surface area contributed by atoms with Crippen molar-refractivity contribution in [2.24, 2.45) is 0 Å². The van der Waals surface area contributed by atoms with Gasteiger partial charge in [0.1, 0.15) is 5.75 Å². The van der Waals surface area contributed by atoms with Crippen molar-refractivity contribution in [1.82, 2.24) is 14.9 Å². The number of methoxy groups -OCH3 is 1. The van der Waals surface area contributed by atoms with Crippen molar-refractivity contribution in [1.29, 1.82) is 0 Å². The highest BCUT2D eigenvalue weighted by molar-refractivity contribution is 7.14. The highest BCUT2D eigenvalue weighted by Crippen LogP contribution is 2.32. The molecule has 8 nitrogen and oxygen atoms in total. The lowest BCUT2D eigenvalue weighted by Crippen LogP contribution is -2.37. The van der Waals surface area contributed by atoms with Crippen LogP contribution in [0, 0.1) is 0 Å². The number of nitrogens with zero attached hydrogens (tertiary/aromatic N) is 3. The van der Waals surface area contributed by atoms with E-state index < -0.39 is 18.0 Å². The largest absolute Gasteiger partial charge is 0.496 e. The van der Waals surface area contributed by atoms with E-state index in [-0.39, 0.29) is 0 Å². The molecule has 3 heterocycles. The van der Waals surface area contributed by atoms with Crippen molar-refractivity contribution in [2.75, 3.05) is 19.0 Å². The molecule has 0 radical (unpaired) electrons. The summed E-state index contributed by atoms with van der Waals surface area (Å²) < 4.78 is 11.1. The number of rotatable bonds is 7. The lowest BCUT2D eigenvalue weighted by Gasteiger charge is -2.32. The summed E-state index contributed by atoms with van der Waals surface area (Å²) in [6.07, 6.45) is -0.263. The third kappa shape index (κ3) is 5.12. The molecule has 2 aromatic carbocycles. The topological polar surface area (TPSA) is 93.6 Å². The Morgan fingerprint density at radius 3 is 2.61 bits per heavy atom. The van der Waals surface area contributed by atoms with Gasteiger partial charge < -0.3 is 9.47 Å². The molecule has 0 saturated heterocycles. The maximum Gasteiger partial charge on any atom is 0.339 e. The van der Waals surface area contributed by atoms with Crippen molar-refractivity contribution >= 4 is 39.2 Å². The highest BCUT2D eigenvalue weighted by atomic mass is 32.1. The molecule has 9 heteroatoms. The number of carbonyl (C=O) groups is 2. The van der Waals surface area contributed by atoms with Crippen molar-refractivity contribution < 1.29 is 19.1 Å². The molecule has 1 aliphatic rings. The number of benzene rings is 2. The van der Waals surface area contributed by atoms with E-state index in [9.17, 15) is 9.59 Å². The van der Waals surface area contributed by atoms with Gasteiger partial charge in [-0.15, -0.1) is 11.3 Å². The summed E-state index contributed by atoms with van der Waals surface area (Å²) in [5, 5.41) is 5.77. The van der Waals surface area contributed by atoms with Gasteiger partial charge in [0.15, 0.2) is 11.2 Å². The summed E-state index contributed by atoms with van der Waals surface area (Å²) in [4.78, 5) is 38.2. The minimum absolute atomic E-state index is 0.335. The lowest BCUT2D eigenvalue weighted by molar-refractivity contribution is -0.123. The fourth-order valence-corrected chi connectivity index (χ4v) is 5.39. The van der Waals surface area contributed by atoms with E-state index in [1.807, 2.05) is 53.9 Å². The van der Waals surface area contributed by atoms with Crippen molar-refractivity contribution in [3.05, 3.63) is 70.7 Å². The van der Waals surface area contributed by atoms with Gasteiger partial charge in [0.25, 0.3) is 5.91 Å². The van der Waals surface area contributed by atoms with Crippen LogP contribution in [0.15, 0.2) is 53.9 Å². The molecule has 0 spiro atoms. The molecular formula is C29H30N4O4S. The zero-order valence-corrected chi connectivity index (χ0v) is 22.7. The van der Waals surface area contributed by atoms with Crippen LogP contribution in [-0.2, 0) is 22.5 Å². The van der Waals surface area contributed by atoms with E-state index in [4.69, 9.17) is 14.5 Å². The third-order valence-corrected chi connectivity index (χ3v) is 7.54. The minimum Gasteiger partial charge on any atom is -0.496 e. The number of amides is 1. The van der Waals surface area contributed by atoms with Crippen LogP contribution in [0.5, 0.6) is 5.75 Å². The second kappa shape index (κ2) is 10.9. The van der Waals surface area contributed by atoms with Crippen LogP contribution in [0.4, 0.5) is 5.13 Å². The van der Waals surface area contributed by atoms with Crippen LogP contribution in [0.3, 0.4) is 0 Å². The van der Waals surface area contributed by atoms with Gasteiger partial charge in [-0.1, -0.05) is 30.3 Å². The molecular weight excluding hydrogens is 500 g/mol. The molecule has 1 amide bonds. The molecule has 1 unspecified atom stereocenters. The smallest absolute Gasteiger partial charge is 0.339 e. The zero-order valence-electron chi connectivity index (χ0n) is 21.9. The van der Waals surface area contributed by atoms with Crippen LogP contribution in [0.2, 0.25) is 0 Å². The maximum absolute atomic E-state index is 13.6. The predicted octanol–water partition coefficient (Wildman–Crippen LogP) is 5.32. The number of thiazole rings is 1. The molecule has 2 aromatic heterocycles. The van der Waals surface area contributed by atoms with E-state index in [0.29, 0.717) is 34.7 Å². The first-order chi connectivity index (χ1) is 18.4. The van der Waals surface area contributed by atoms with Crippen molar-refractivity contribution in [2.45, 2.75) is 45.9 Å². The molecule has 1 N–H and O–H groups in total. The number of aromatic nitrogens is 2. The monoisotopic (exact) mass is 530 g/mol. The maximum atomic E-state index is 13.6. The van der Waals surface area contributed by atoms with Gasteiger partial charge in [-0.3, -0.25) is 20.0 Å². The number of fused-ring (bicyclic) bond motifs is 2. The molecule has 196 valence electrons. The van der Waals surface area contributed by atoms with E-state index in [1.54, 1.807) is 14.0 Å². The van der Waals surface area contributed by atoms with Gasteiger partial charge in [-0.25, -0.2) is 9.78 Å². The van der Waals surface area contributed by atoms with Crippen molar-refractivity contribution in [3.8, 4) is 17.0 Å². The van der Waals surface area contributed by atoms with E-state index in [2.05, 4.69) is 29.0 Å². The van der Waals surface area contributed by atoms with E-state index in [0.717, 1.165) is 40.7 Å². The van der Waals surface area contributed by atoms with E-state index in [1.165, 1.54) is 11.3 Å². The molecule has 38 heavy (non-hydrogen) atoms. The quantitative estimate of drug-likeness (QED) is 0.323. The van der Waals surface area contributed by atoms with Crippen LogP contribution >= 0.6 is 11.3 Å². The number of hydrogen-bond acceptors (Lipinski definition) is 8. The standard InChI is InChI=1S/C29H30N4O4S/c1-17(2)33-14-13-23-21(15-33)26(20-10-5-7-11-22(20)30-23)28(35)37-18(3)27(34)32-29-31-24(16-38-29)19-9-6-8-12-25(19)36-4/h5-12,16-18H,13-15H2,1-4H3,(H,31,32,34). The zero-order chi connectivity index (χ0) is 26.8. The lowest BCUT2D eigenvalue weighted by atomic mass is 9.95. The Balaban J connectivity index is 1.36. The summed E-state index contributed by atoms with van der Waals surface area (Å²) in [5.74, 6) is -0.279. The second-order valence-corrected chi connectivity index (χ2v) is 10.4. The molecule has 5 rings (SSSR count). The third-order valence-electron chi connectivity index (χ3n) is 6.78. The molecule has 0 aliphatic carbocycles. The summed E-state index contributed by atoms with van der Waals surface area (Å²) >= 11 is 1.30. The predicted molar refractivity (Wildman–Crippen MR) is 149 cm³/mol. The Labute approximate surface area is 225 Å². The van der Waals surface area contributed by atoms with Crippen LogP contribution in [-0.4, -0.2) is 52.5 Å². The van der Waals surface area contributed by atoms with Crippen molar-refractivity contribution in [3.63, 3.8) is 0 Å². The van der Waals surface area contributed by atoms with Gasteiger partial charge in [0.2, 0.25) is 0 Å². The number of ether oxygens (including phenoxy) is 2. The number of hydrogen-bond donors (Lipinski definition) is 1. The highest BCUT2D eigenvalue weighted by Gasteiger charge is 2.29. The number of para-hydroxylation sites is 2. The molecule has 4 aromatic rings. The first-order valence-corrected chi connectivity index (χ1v) is 13.5. The average Bonchev–Trinajstić information content (AvgIpc) is 3.39. The Hall–Kier alpha value is -3.82. The van der Waals surface area contributed by atoms with Crippen LogP contribution in [0.1, 0.15) is 42.4 Å². The Kier molecular flexibility index (Phi) is 7.40. The summed E-state index contributed by atoms with van der Waals surface area (Å²) in [6, 6.07) is 15.5. The Morgan fingerprint density at radius 1 is 1.05 bits per heavy atom. The SMILES string of the molecule is COc1ccccc1-c1csc(NC(=O)C(C)OC(=O)c2c3c(nc4ccccc24)CCN(C(C)C)C3)n1. The van der Waals surface area contributed by atoms with E-state index >= 15 is 0 Å². The van der Waals surface area contributed by atoms with Gasteiger partial charge in [-0.05, 0) is 39.0 Å². The Bertz CT molecular complexity index is 1500. The minimum atomic E-state index is -1.02. The Morgan fingerprint density at radius 2 is 1.82 bits per heavy atom. The van der Waals surface area contributed by atoms with Crippen LogP contribution in [0.25, 0.3) is 22.2 Å². The molecule has 0 saturated carbocycles. The summed E-state index contributed by atoms with van der Waals surface area (Å²) in [5.41, 5.74) is 4.55. The first-order valence-electron chi connectivity index (χ1n) is 12.6. The van der Waals surface area contributed by atoms with Gasteiger partial charge in [0, 0.05) is 53.1 Å². The number of esters is 1. The normalized spacial score (nSPS) is 14.2. The molecule has 1 aliphatic heterocycles. The average molecular weight is 531 g/mol. The number of pyridine rings is 1. The molecule has 0 bridgehead atoms. The summed E-state index contributed by atoms with van der Waals surface area (Å²) in [7, 11) is 1.60. The first kappa shape index (κ1) is 25.8.